The summed E-state index contributed by atoms with van der Waals surface area (Å²) >= 11 is 0. The van der Waals surface area contributed by atoms with Crippen LogP contribution >= 0.6 is 0 Å². The van der Waals surface area contributed by atoms with E-state index in [2.05, 4.69) is 5.10 Å². The molecule has 0 saturated heterocycles. The van der Waals surface area contributed by atoms with E-state index < -0.39 is 6.10 Å². The van der Waals surface area contributed by atoms with Gasteiger partial charge in [-0.15, -0.1) is 0 Å². The molecule has 16 heavy (non-hydrogen) atoms. The maximum absolute atomic E-state index is 10.1. The fourth-order valence-electron chi connectivity index (χ4n) is 1.67. The summed E-state index contributed by atoms with van der Waals surface area (Å²) in [5.74, 6) is 0.642. The Labute approximate surface area is 96.6 Å². The Bertz CT molecular complexity index is 334. The zero-order valence-electron chi connectivity index (χ0n) is 10.6. The van der Waals surface area contributed by atoms with Gasteiger partial charge in [0.2, 0.25) is 0 Å². The molecular formula is C11H21N3O2. The highest BCUT2D eigenvalue weighted by atomic mass is 16.5. The molecule has 0 amide bonds. The van der Waals surface area contributed by atoms with Crippen molar-refractivity contribution in [3.8, 4) is 5.75 Å². The lowest BCUT2D eigenvalue weighted by atomic mass is 10.2. The number of hydrogen-bond acceptors (Lipinski definition) is 4. The molecule has 0 aromatic carbocycles. The first-order chi connectivity index (χ1) is 7.47. The summed E-state index contributed by atoms with van der Waals surface area (Å²) in [5.41, 5.74) is 0.742. The van der Waals surface area contributed by atoms with E-state index in [0.29, 0.717) is 12.3 Å². The molecule has 1 N–H and O–H groups in total. The minimum absolute atomic E-state index is 0.204. The van der Waals surface area contributed by atoms with Crippen LogP contribution in [0.2, 0.25) is 0 Å². The van der Waals surface area contributed by atoms with Crippen LogP contribution in [0, 0.1) is 0 Å². The minimum atomic E-state index is -0.588. The van der Waals surface area contributed by atoms with E-state index in [4.69, 9.17) is 4.74 Å². The number of likely N-dealkylation sites (N-methyl/N-ethyl adjacent to an activating group) is 1. The van der Waals surface area contributed by atoms with Crippen molar-refractivity contribution in [3.63, 3.8) is 0 Å². The number of aliphatic hydroxyl groups is 1. The number of aromatic nitrogens is 2. The fraction of sp³-hybridized carbons (Fsp3) is 0.727. The molecule has 5 heteroatoms. The second-order valence-corrected chi connectivity index (χ2v) is 4.41. The largest absolute Gasteiger partial charge is 0.493 e. The molecule has 1 aromatic rings. The van der Waals surface area contributed by atoms with Crippen LogP contribution in [-0.4, -0.2) is 47.5 Å². The van der Waals surface area contributed by atoms with Gasteiger partial charge in [0.25, 0.3) is 0 Å². The highest BCUT2D eigenvalue weighted by molar-refractivity contribution is 5.27. The molecule has 0 radical (unpaired) electrons. The maximum atomic E-state index is 10.1. The Balaban J connectivity index is 3.02. The first-order valence-electron chi connectivity index (χ1n) is 5.41. The first kappa shape index (κ1) is 13.0. The third-order valence-electron chi connectivity index (χ3n) is 2.36. The molecule has 0 aliphatic heterocycles. The third-order valence-corrected chi connectivity index (χ3v) is 2.36. The quantitative estimate of drug-likeness (QED) is 0.817. The van der Waals surface area contributed by atoms with Gasteiger partial charge in [0, 0.05) is 12.6 Å². The molecule has 0 spiro atoms. The third kappa shape index (κ3) is 2.74. The number of aliphatic hydroxyl groups excluding tert-OH is 1. The summed E-state index contributed by atoms with van der Waals surface area (Å²) in [5, 5.41) is 14.4. The summed E-state index contributed by atoms with van der Waals surface area (Å²) in [6.45, 7) is 4.60. The van der Waals surface area contributed by atoms with Crippen LogP contribution in [0.5, 0.6) is 5.75 Å². The van der Waals surface area contributed by atoms with Crippen LogP contribution in [0.3, 0.4) is 0 Å². The number of methoxy groups -OCH3 is 1. The number of rotatable bonds is 5. The van der Waals surface area contributed by atoms with Crippen molar-refractivity contribution in [3.05, 3.63) is 11.9 Å². The monoisotopic (exact) mass is 227 g/mol. The Hall–Kier alpha value is -1.07. The lowest BCUT2D eigenvalue weighted by Gasteiger charge is -2.20. The van der Waals surface area contributed by atoms with Crippen molar-refractivity contribution >= 4 is 0 Å². The van der Waals surface area contributed by atoms with E-state index in [1.54, 1.807) is 18.0 Å². The summed E-state index contributed by atoms with van der Waals surface area (Å²) in [7, 11) is 5.44. The molecule has 5 nitrogen and oxygen atoms in total. The van der Waals surface area contributed by atoms with Crippen molar-refractivity contribution in [2.45, 2.75) is 26.0 Å². The second kappa shape index (κ2) is 5.32. The molecule has 0 fully saturated rings. The van der Waals surface area contributed by atoms with Crippen LogP contribution in [-0.2, 0) is 0 Å². The smallest absolute Gasteiger partial charge is 0.162 e. The normalized spacial score (nSPS) is 13.5. The first-order valence-corrected chi connectivity index (χ1v) is 5.41. The van der Waals surface area contributed by atoms with Gasteiger partial charge in [-0.05, 0) is 27.9 Å². The molecule has 1 heterocycles. The number of ether oxygens (including phenoxy) is 1. The van der Waals surface area contributed by atoms with Crippen LogP contribution in [0.1, 0.15) is 31.7 Å². The molecule has 92 valence electrons. The Morgan fingerprint density at radius 2 is 2.12 bits per heavy atom. The van der Waals surface area contributed by atoms with Gasteiger partial charge in [0.1, 0.15) is 11.8 Å². The molecule has 0 aliphatic carbocycles. The summed E-state index contributed by atoms with van der Waals surface area (Å²) in [4.78, 5) is 1.93. The van der Waals surface area contributed by atoms with Gasteiger partial charge in [-0.2, -0.15) is 5.10 Å². The van der Waals surface area contributed by atoms with Crippen LogP contribution in [0.15, 0.2) is 6.20 Å². The number of nitrogens with zero attached hydrogens (tertiary/aromatic N) is 3. The molecule has 1 rings (SSSR count). The molecule has 0 saturated carbocycles. The molecule has 1 atom stereocenters. The van der Waals surface area contributed by atoms with Crippen molar-refractivity contribution in [2.24, 2.45) is 0 Å². The minimum Gasteiger partial charge on any atom is -0.493 e. The van der Waals surface area contributed by atoms with Crippen LogP contribution < -0.4 is 4.74 Å². The highest BCUT2D eigenvalue weighted by Gasteiger charge is 2.21. The number of hydrogen-bond donors (Lipinski definition) is 1. The molecular weight excluding hydrogens is 206 g/mol. The van der Waals surface area contributed by atoms with Gasteiger partial charge in [-0.25, -0.2) is 0 Å². The molecule has 1 unspecified atom stereocenters. The standard InChI is InChI=1S/C11H21N3O2/c1-8(2)14-11(9(15)7-13(3)4)10(16-5)6-12-14/h6,8-9,15H,7H2,1-5H3. The van der Waals surface area contributed by atoms with Crippen LogP contribution in [0.25, 0.3) is 0 Å². The van der Waals surface area contributed by atoms with E-state index in [1.807, 2.05) is 32.8 Å². The van der Waals surface area contributed by atoms with Gasteiger partial charge in [0.05, 0.1) is 13.3 Å². The van der Waals surface area contributed by atoms with Gasteiger partial charge in [-0.3, -0.25) is 4.68 Å². The molecule has 1 aromatic heterocycles. The SMILES string of the molecule is COc1cnn(C(C)C)c1C(O)CN(C)C. The topological polar surface area (TPSA) is 50.5 Å². The molecule has 0 aliphatic rings. The zero-order chi connectivity index (χ0) is 12.3. The zero-order valence-corrected chi connectivity index (χ0v) is 10.6. The predicted octanol–water partition coefficient (Wildman–Crippen LogP) is 1.07. The van der Waals surface area contributed by atoms with E-state index in [-0.39, 0.29) is 6.04 Å². The predicted molar refractivity (Wildman–Crippen MR) is 62.7 cm³/mol. The summed E-state index contributed by atoms with van der Waals surface area (Å²) in [6.07, 6.45) is 1.06. The second-order valence-electron chi connectivity index (χ2n) is 4.41. The lowest BCUT2D eigenvalue weighted by molar-refractivity contribution is 0.124. The van der Waals surface area contributed by atoms with Crippen molar-refractivity contribution in [2.75, 3.05) is 27.7 Å². The van der Waals surface area contributed by atoms with Crippen molar-refractivity contribution in [1.82, 2.24) is 14.7 Å². The Morgan fingerprint density at radius 1 is 1.50 bits per heavy atom. The van der Waals surface area contributed by atoms with E-state index >= 15 is 0 Å². The van der Waals surface area contributed by atoms with Crippen molar-refractivity contribution < 1.29 is 9.84 Å². The van der Waals surface area contributed by atoms with E-state index in [9.17, 15) is 5.11 Å². The van der Waals surface area contributed by atoms with E-state index in [0.717, 1.165) is 5.69 Å². The van der Waals surface area contributed by atoms with Crippen LogP contribution in [0.4, 0.5) is 0 Å². The Kier molecular flexibility index (Phi) is 4.32. The molecule has 0 bridgehead atoms. The van der Waals surface area contributed by atoms with Crippen molar-refractivity contribution in [1.29, 1.82) is 0 Å². The Morgan fingerprint density at radius 3 is 2.56 bits per heavy atom. The van der Waals surface area contributed by atoms with Gasteiger partial charge in [0.15, 0.2) is 5.75 Å². The van der Waals surface area contributed by atoms with Gasteiger partial charge in [-0.1, -0.05) is 0 Å². The highest BCUT2D eigenvalue weighted by Crippen LogP contribution is 2.27. The van der Waals surface area contributed by atoms with Gasteiger partial charge < -0.3 is 14.7 Å². The fourth-order valence-corrected chi connectivity index (χ4v) is 1.67. The lowest BCUT2D eigenvalue weighted by Crippen LogP contribution is -2.23. The average Bonchev–Trinajstić information content (AvgIpc) is 2.59. The van der Waals surface area contributed by atoms with E-state index in [1.165, 1.54) is 0 Å². The average molecular weight is 227 g/mol. The summed E-state index contributed by atoms with van der Waals surface area (Å²) < 4.78 is 7.02. The maximum Gasteiger partial charge on any atom is 0.162 e. The summed E-state index contributed by atoms with van der Waals surface area (Å²) in [6, 6.07) is 0.204. The van der Waals surface area contributed by atoms with Gasteiger partial charge >= 0.3 is 0 Å².